The van der Waals surface area contributed by atoms with E-state index in [2.05, 4.69) is 0 Å². The van der Waals surface area contributed by atoms with E-state index in [-0.39, 0.29) is 11.4 Å². The van der Waals surface area contributed by atoms with Crippen LogP contribution < -0.4 is 4.74 Å². The van der Waals surface area contributed by atoms with Gasteiger partial charge in [-0.15, -0.1) is 0 Å². The number of aryl methyl sites for hydroxylation is 1. The summed E-state index contributed by atoms with van der Waals surface area (Å²) in [5.74, 6) is 0.194. The third kappa shape index (κ3) is 4.32. The van der Waals surface area contributed by atoms with Crippen molar-refractivity contribution in [3.63, 3.8) is 0 Å². The third-order valence-electron chi connectivity index (χ3n) is 3.21. The van der Waals surface area contributed by atoms with Crippen LogP contribution in [-0.4, -0.2) is 18.6 Å². The molecule has 0 fully saturated rings. The number of carbonyl (C=O) groups excluding carboxylic acids is 1. The number of nitro benzene ring substituents is 1. The van der Waals surface area contributed by atoms with Crippen LogP contribution in [0, 0.1) is 17.0 Å². The van der Waals surface area contributed by atoms with Crippen LogP contribution in [-0.2, 0) is 4.74 Å². The summed E-state index contributed by atoms with van der Waals surface area (Å²) in [6.45, 7) is 3.60. The molecule has 0 saturated carbocycles. The van der Waals surface area contributed by atoms with Crippen molar-refractivity contribution in [1.29, 1.82) is 0 Å². The average Bonchev–Trinajstić information content (AvgIpc) is 2.46. The van der Waals surface area contributed by atoms with Gasteiger partial charge in [0.1, 0.15) is 11.9 Å². The first-order chi connectivity index (χ1) is 10.9. The zero-order chi connectivity index (χ0) is 17.0. The van der Waals surface area contributed by atoms with E-state index in [0.29, 0.717) is 11.3 Å². The second-order valence-corrected chi connectivity index (χ2v) is 5.15. The summed E-state index contributed by atoms with van der Waals surface area (Å²) in [6, 6.07) is 11.6. The minimum absolute atomic E-state index is 0.108. The van der Waals surface area contributed by atoms with Gasteiger partial charge in [-0.1, -0.05) is 12.1 Å². The Morgan fingerprint density at radius 2 is 2.00 bits per heavy atom. The zero-order valence-corrected chi connectivity index (χ0v) is 13.1. The Balaban J connectivity index is 2.38. The van der Waals surface area contributed by atoms with Crippen molar-refractivity contribution in [2.45, 2.75) is 20.0 Å². The van der Waals surface area contributed by atoms with Crippen molar-refractivity contribution in [1.82, 2.24) is 0 Å². The Morgan fingerprint density at radius 3 is 2.61 bits per heavy atom. The van der Waals surface area contributed by atoms with Crippen LogP contribution in [0.4, 0.5) is 10.5 Å². The van der Waals surface area contributed by atoms with Gasteiger partial charge in [-0.05, 0) is 49.2 Å². The lowest BCUT2D eigenvalue weighted by molar-refractivity contribution is -0.385. The Hall–Kier alpha value is -2.83. The molecule has 118 valence electrons. The molecule has 23 heavy (non-hydrogen) atoms. The molecule has 0 aliphatic heterocycles. The van der Waals surface area contributed by atoms with Gasteiger partial charge in [-0.25, -0.2) is 0 Å². The number of carbonyl (C=O) groups is 1. The molecule has 0 aliphatic rings. The van der Waals surface area contributed by atoms with E-state index in [4.69, 9.17) is 9.47 Å². The maximum Gasteiger partial charge on any atom is 0.311 e. The lowest BCUT2D eigenvalue weighted by atomic mass is 10.1. The molecule has 1 atom stereocenters. The second kappa shape index (κ2) is 6.96. The zero-order valence-electron chi connectivity index (χ0n) is 13.1. The quantitative estimate of drug-likeness (QED) is 0.479. The lowest BCUT2D eigenvalue weighted by Gasteiger charge is -2.14. The fourth-order valence-electron chi connectivity index (χ4n) is 2.14. The van der Waals surface area contributed by atoms with Gasteiger partial charge in [0, 0.05) is 6.07 Å². The maximum absolute atomic E-state index is 11.2. The minimum Gasteiger partial charge on any atom is -0.466 e. The molecule has 0 saturated heterocycles. The summed E-state index contributed by atoms with van der Waals surface area (Å²) in [4.78, 5) is 21.7. The van der Waals surface area contributed by atoms with Gasteiger partial charge in [0.25, 0.3) is 0 Å². The SMILES string of the molecule is BC(=O)OC(C)c1ccc([N+](=O)[O-])c(Oc2cccc(C)c2)c1. The van der Waals surface area contributed by atoms with E-state index in [1.165, 1.54) is 20.0 Å². The summed E-state index contributed by atoms with van der Waals surface area (Å²) in [7, 11) is 1.31. The first-order valence-electron chi connectivity index (χ1n) is 7.07. The molecule has 0 aliphatic carbocycles. The van der Waals surface area contributed by atoms with Gasteiger partial charge in [0.2, 0.25) is 19.5 Å². The van der Waals surface area contributed by atoms with E-state index in [0.717, 1.165) is 5.56 Å². The predicted molar refractivity (Wildman–Crippen MR) is 87.8 cm³/mol. The van der Waals surface area contributed by atoms with E-state index < -0.39 is 16.9 Å². The molecule has 0 N–H and O–H groups in total. The third-order valence-corrected chi connectivity index (χ3v) is 3.21. The summed E-state index contributed by atoms with van der Waals surface area (Å²) in [5, 5.41) is 11.2. The molecular weight excluding hydrogens is 297 g/mol. The number of ether oxygens (including phenoxy) is 2. The highest BCUT2D eigenvalue weighted by molar-refractivity contribution is 6.55. The van der Waals surface area contributed by atoms with E-state index in [1.807, 2.05) is 19.1 Å². The number of benzene rings is 2. The van der Waals surface area contributed by atoms with Crippen LogP contribution in [0.5, 0.6) is 11.5 Å². The van der Waals surface area contributed by atoms with Gasteiger partial charge >= 0.3 is 5.69 Å². The fourth-order valence-corrected chi connectivity index (χ4v) is 2.14. The Morgan fingerprint density at radius 1 is 1.26 bits per heavy atom. The van der Waals surface area contributed by atoms with Gasteiger partial charge in [0.15, 0.2) is 0 Å². The molecule has 6 nitrogen and oxygen atoms in total. The number of nitrogens with zero attached hydrogens (tertiary/aromatic N) is 1. The fraction of sp³-hybridized carbons (Fsp3) is 0.188. The first kappa shape index (κ1) is 16.5. The summed E-state index contributed by atoms with van der Waals surface area (Å²) < 4.78 is 10.8. The monoisotopic (exact) mass is 313 g/mol. The van der Waals surface area contributed by atoms with Crippen LogP contribution in [0.25, 0.3) is 0 Å². The van der Waals surface area contributed by atoms with Crippen molar-refractivity contribution in [3.8, 4) is 11.5 Å². The molecule has 0 bridgehead atoms. The Kier molecular flexibility index (Phi) is 5.00. The van der Waals surface area contributed by atoms with Crippen molar-refractivity contribution < 1.29 is 19.2 Å². The number of nitro groups is 1. The summed E-state index contributed by atoms with van der Waals surface area (Å²) in [5.41, 5.74) is 1.45. The Bertz CT molecular complexity index is 747. The predicted octanol–water partition coefficient (Wildman–Crippen LogP) is 3.53. The van der Waals surface area contributed by atoms with Crippen molar-refractivity contribution in [2.24, 2.45) is 0 Å². The van der Waals surface area contributed by atoms with Crippen molar-refractivity contribution in [3.05, 3.63) is 63.7 Å². The molecule has 1 unspecified atom stereocenters. The van der Waals surface area contributed by atoms with Crippen LogP contribution in [0.15, 0.2) is 42.5 Å². The molecule has 0 amide bonds. The van der Waals surface area contributed by atoms with Gasteiger partial charge in [-0.3, -0.25) is 14.9 Å². The van der Waals surface area contributed by atoms with Crippen LogP contribution in [0.3, 0.4) is 0 Å². The van der Waals surface area contributed by atoms with E-state index >= 15 is 0 Å². The second-order valence-electron chi connectivity index (χ2n) is 5.15. The van der Waals surface area contributed by atoms with Crippen LogP contribution in [0.1, 0.15) is 24.2 Å². The number of hydrogen-bond acceptors (Lipinski definition) is 5. The molecule has 7 heteroatoms. The van der Waals surface area contributed by atoms with Crippen LogP contribution >= 0.6 is 0 Å². The molecule has 2 aromatic carbocycles. The molecule has 2 aromatic rings. The highest BCUT2D eigenvalue weighted by Crippen LogP contribution is 2.34. The lowest BCUT2D eigenvalue weighted by Crippen LogP contribution is -2.07. The molecule has 0 spiro atoms. The van der Waals surface area contributed by atoms with E-state index in [1.54, 1.807) is 25.1 Å². The molecule has 0 heterocycles. The molecule has 0 radical (unpaired) electrons. The van der Waals surface area contributed by atoms with Gasteiger partial charge in [0.05, 0.1) is 4.92 Å². The normalized spacial score (nSPS) is 11.6. The molecular formula is C16H16BNO5. The van der Waals surface area contributed by atoms with Crippen molar-refractivity contribution >= 4 is 19.4 Å². The average molecular weight is 313 g/mol. The minimum atomic E-state index is -0.520. The molecule has 2 rings (SSSR count). The number of hydrogen-bond donors (Lipinski definition) is 0. The summed E-state index contributed by atoms with van der Waals surface area (Å²) in [6.07, 6.45) is -0.520. The Labute approximate surface area is 134 Å². The van der Waals surface area contributed by atoms with Gasteiger partial charge in [-0.2, -0.15) is 0 Å². The van der Waals surface area contributed by atoms with Crippen molar-refractivity contribution in [2.75, 3.05) is 0 Å². The van der Waals surface area contributed by atoms with Crippen LogP contribution in [0.2, 0.25) is 0 Å². The smallest absolute Gasteiger partial charge is 0.311 e. The first-order valence-corrected chi connectivity index (χ1v) is 7.07. The van der Waals surface area contributed by atoms with E-state index in [9.17, 15) is 14.9 Å². The largest absolute Gasteiger partial charge is 0.466 e. The summed E-state index contributed by atoms with van der Waals surface area (Å²) >= 11 is 0. The molecule has 0 aromatic heterocycles. The number of rotatable bonds is 5. The standard InChI is InChI=1S/C16H16BNO5/c1-10-4-3-5-13(8-10)23-15-9-12(11(2)22-16(17)19)6-7-14(15)18(20)21/h3-9,11H,17H2,1-2H3. The highest BCUT2D eigenvalue weighted by Gasteiger charge is 2.19. The highest BCUT2D eigenvalue weighted by atomic mass is 16.6. The maximum atomic E-state index is 11.2. The topological polar surface area (TPSA) is 78.7 Å². The van der Waals surface area contributed by atoms with Gasteiger partial charge < -0.3 is 9.47 Å².